The molecule has 0 aliphatic heterocycles. The molecule has 106 valence electrons. The van der Waals surface area contributed by atoms with Crippen molar-refractivity contribution in [2.45, 2.75) is 6.04 Å². The summed E-state index contributed by atoms with van der Waals surface area (Å²) < 4.78 is 5.04. The fraction of sp³-hybridized carbons (Fsp3) is 0.188. The Morgan fingerprint density at radius 2 is 2.00 bits per heavy atom. The van der Waals surface area contributed by atoms with E-state index < -0.39 is 0 Å². The first-order valence-electron chi connectivity index (χ1n) is 6.71. The lowest BCUT2D eigenvalue weighted by molar-refractivity contribution is 0.390. The Bertz CT molecular complexity index is 743. The number of pyridine rings is 1. The van der Waals surface area contributed by atoms with Gasteiger partial charge in [0.15, 0.2) is 0 Å². The maximum absolute atomic E-state index is 5.04. The fourth-order valence-electron chi connectivity index (χ4n) is 2.34. The third-order valence-corrected chi connectivity index (χ3v) is 3.42. The molecule has 0 bridgehead atoms. The first kappa shape index (κ1) is 13.5. The average Bonchev–Trinajstić information content (AvgIpc) is 2.56. The van der Waals surface area contributed by atoms with Crippen LogP contribution < -0.4 is 10.1 Å². The van der Waals surface area contributed by atoms with Gasteiger partial charge in [-0.15, -0.1) is 10.2 Å². The number of nitrogens with zero attached hydrogens (tertiary/aromatic N) is 3. The van der Waals surface area contributed by atoms with Gasteiger partial charge in [0.25, 0.3) is 0 Å². The van der Waals surface area contributed by atoms with Gasteiger partial charge in [0.05, 0.1) is 24.4 Å². The normalized spacial score (nSPS) is 12.3. The number of ether oxygens (including phenoxy) is 1. The largest absolute Gasteiger partial charge is 0.480 e. The molecule has 0 aliphatic carbocycles. The van der Waals surface area contributed by atoms with Crippen molar-refractivity contribution in [3.8, 4) is 5.88 Å². The maximum atomic E-state index is 5.04. The molecular formula is C16H16N4O. The van der Waals surface area contributed by atoms with E-state index in [1.54, 1.807) is 13.3 Å². The molecule has 3 aromatic rings. The Labute approximate surface area is 123 Å². The number of hydrogen-bond acceptors (Lipinski definition) is 5. The number of hydrogen-bond donors (Lipinski definition) is 1. The van der Waals surface area contributed by atoms with Gasteiger partial charge in [-0.2, -0.15) is 0 Å². The lowest BCUT2D eigenvalue weighted by atomic mass is 10.0. The highest BCUT2D eigenvalue weighted by molar-refractivity contribution is 5.79. The molecule has 21 heavy (non-hydrogen) atoms. The predicted molar refractivity (Wildman–Crippen MR) is 81.2 cm³/mol. The van der Waals surface area contributed by atoms with Crippen molar-refractivity contribution in [3.05, 3.63) is 59.9 Å². The second kappa shape index (κ2) is 5.85. The molecule has 2 heterocycles. The third kappa shape index (κ3) is 2.68. The molecular weight excluding hydrogens is 264 g/mol. The molecule has 1 N–H and O–H groups in total. The van der Waals surface area contributed by atoms with E-state index in [1.165, 1.54) is 0 Å². The second-order valence-electron chi connectivity index (χ2n) is 4.68. The Kier molecular flexibility index (Phi) is 3.75. The molecule has 0 saturated heterocycles. The molecule has 0 aliphatic rings. The Balaban J connectivity index is 2.00. The van der Waals surface area contributed by atoms with E-state index in [9.17, 15) is 0 Å². The summed E-state index contributed by atoms with van der Waals surface area (Å²) in [6, 6.07) is 13.9. The zero-order chi connectivity index (χ0) is 14.7. The zero-order valence-corrected chi connectivity index (χ0v) is 11.9. The second-order valence-corrected chi connectivity index (χ2v) is 4.68. The van der Waals surface area contributed by atoms with Crippen molar-refractivity contribution < 1.29 is 4.74 Å². The highest BCUT2D eigenvalue weighted by Gasteiger charge is 2.14. The Hall–Kier alpha value is -2.53. The SMILES string of the molecule is CNC(c1ccc2cccnc2c1)c1ccc(OC)nn1. The van der Waals surface area contributed by atoms with Gasteiger partial charge in [0.2, 0.25) is 5.88 Å². The van der Waals surface area contributed by atoms with Crippen molar-refractivity contribution in [3.63, 3.8) is 0 Å². The zero-order valence-electron chi connectivity index (χ0n) is 11.9. The van der Waals surface area contributed by atoms with Crippen LogP contribution in [0.15, 0.2) is 48.7 Å². The summed E-state index contributed by atoms with van der Waals surface area (Å²) in [7, 11) is 3.48. The van der Waals surface area contributed by atoms with E-state index in [2.05, 4.69) is 38.7 Å². The van der Waals surface area contributed by atoms with Crippen molar-refractivity contribution in [1.82, 2.24) is 20.5 Å². The van der Waals surface area contributed by atoms with Crippen LogP contribution in [-0.2, 0) is 0 Å². The molecule has 5 heteroatoms. The van der Waals surface area contributed by atoms with Crippen molar-refractivity contribution in [2.24, 2.45) is 0 Å². The van der Waals surface area contributed by atoms with Crippen LogP contribution in [0.1, 0.15) is 17.3 Å². The first-order valence-corrected chi connectivity index (χ1v) is 6.71. The molecule has 0 radical (unpaired) electrons. The maximum Gasteiger partial charge on any atom is 0.233 e. The summed E-state index contributed by atoms with van der Waals surface area (Å²) in [6.07, 6.45) is 1.80. The van der Waals surface area contributed by atoms with Crippen LogP contribution in [0.4, 0.5) is 0 Å². The molecule has 0 spiro atoms. The lowest BCUT2D eigenvalue weighted by Crippen LogP contribution is -2.19. The first-order chi connectivity index (χ1) is 10.3. The lowest BCUT2D eigenvalue weighted by Gasteiger charge is -2.16. The van der Waals surface area contributed by atoms with Crippen LogP contribution in [0.3, 0.4) is 0 Å². The summed E-state index contributed by atoms with van der Waals surface area (Å²) in [4.78, 5) is 4.40. The highest BCUT2D eigenvalue weighted by Crippen LogP contribution is 2.23. The van der Waals surface area contributed by atoms with Crippen LogP contribution in [0.5, 0.6) is 5.88 Å². The Morgan fingerprint density at radius 3 is 2.71 bits per heavy atom. The minimum Gasteiger partial charge on any atom is -0.480 e. The minimum absolute atomic E-state index is 0.0326. The van der Waals surface area contributed by atoms with Crippen molar-refractivity contribution in [2.75, 3.05) is 14.2 Å². The van der Waals surface area contributed by atoms with Crippen LogP contribution in [0.2, 0.25) is 0 Å². The molecule has 1 unspecified atom stereocenters. The van der Waals surface area contributed by atoms with Gasteiger partial charge in [-0.1, -0.05) is 18.2 Å². The topological polar surface area (TPSA) is 59.9 Å². The number of fused-ring (bicyclic) bond motifs is 1. The quantitative estimate of drug-likeness (QED) is 0.795. The minimum atomic E-state index is -0.0326. The summed E-state index contributed by atoms with van der Waals surface area (Å²) in [5, 5.41) is 12.6. The number of aromatic nitrogens is 3. The monoisotopic (exact) mass is 280 g/mol. The van der Waals surface area contributed by atoms with Gasteiger partial charge < -0.3 is 10.1 Å². The average molecular weight is 280 g/mol. The molecule has 0 saturated carbocycles. The standard InChI is InChI=1S/C16H16N4O/c1-17-16(13-7-8-15(21-2)20-19-13)12-6-5-11-4-3-9-18-14(11)10-12/h3-10,16-17H,1-2H3. The van der Waals surface area contributed by atoms with E-state index in [-0.39, 0.29) is 6.04 Å². The van der Waals surface area contributed by atoms with Crippen LogP contribution in [0, 0.1) is 0 Å². The van der Waals surface area contributed by atoms with Gasteiger partial charge in [0.1, 0.15) is 0 Å². The smallest absolute Gasteiger partial charge is 0.233 e. The van der Waals surface area contributed by atoms with Gasteiger partial charge in [0, 0.05) is 17.6 Å². The summed E-state index contributed by atoms with van der Waals surface area (Å²) >= 11 is 0. The van der Waals surface area contributed by atoms with E-state index in [4.69, 9.17) is 4.74 Å². The number of benzene rings is 1. The summed E-state index contributed by atoms with van der Waals surface area (Å²) in [5.74, 6) is 0.508. The molecule has 2 aromatic heterocycles. The van der Waals surface area contributed by atoms with E-state index >= 15 is 0 Å². The van der Waals surface area contributed by atoms with Gasteiger partial charge >= 0.3 is 0 Å². The Morgan fingerprint density at radius 1 is 1.10 bits per heavy atom. The number of methoxy groups -OCH3 is 1. The highest BCUT2D eigenvalue weighted by atomic mass is 16.5. The van der Waals surface area contributed by atoms with Crippen molar-refractivity contribution in [1.29, 1.82) is 0 Å². The van der Waals surface area contributed by atoms with Gasteiger partial charge in [-0.25, -0.2) is 0 Å². The third-order valence-electron chi connectivity index (χ3n) is 3.42. The molecule has 1 aromatic carbocycles. The van der Waals surface area contributed by atoms with Gasteiger partial charge in [-0.05, 0) is 30.8 Å². The summed E-state index contributed by atoms with van der Waals surface area (Å²) in [6.45, 7) is 0. The van der Waals surface area contributed by atoms with E-state index in [1.807, 2.05) is 31.3 Å². The van der Waals surface area contributed by atoms with E-state index in [0.717, 1.165) is 22.2 Å². The van der Waals surface area contributed by atoms with Crippen molar-refractivity contribution >= 4 is 10.9 Å². The number of rotatable bonds is 4. The van der Waals surface area contributed by atoms with Gasteiger partial charge in [-0.3, -0.25) is 4.98 Å². The molecule has 5 nitrogen and oxygen atoms in total. The van der Waals surface area contributed by atoms with Crippen LogP contribution in [0.25, 0.3) is 10.9 Å². The molecule has 1 atom stereocenters. The predicted octanol–water partition coefficient (Wildman–Crippen LogP) is 2.34. The molecule has 0 fully saturated rings. The van der Waals surface area contributed by atoms with E-state index in [0.29, 0.717) is 5.88 Å². The summed E-state index contributed by atoms with van der Waals surface area (Å²) in [5.41, 5.74) is 2.91. The molecule has 0 amide bonds. The molecule has 3 rings (SSSR count). The number of nitrogens with one attached hydrogen (secondary N) is 1. The van der Waals surface area contributed by atoms with Crippen LogP contribution >= 0.6 is 0 Å². The van der Waals surface area contributed by atoms with Crippen LogP contribution in [-0.4, -0.2) is 29.3 Å². The fourth-order valence-corrected chi connectivity index (χ4v) is 2.34.